The van der Waals surface area contributed by atoms with E-state index in [1.165, 1.54) is 32.1 Å². The smallest absolute Gasteiger partial charge is 0.163 e. The summed E-state index contributed by atoms with van der Waals surface area (Å²) in [5, 5.41) is 0. The molecule has 0 spiro atoms. The molecule has 1 unspecified atom stereocenters. The number of hydrogen-bond donors (Lipinski definition) is 0. The third-order valence-corrected chi connectivity index (χ3v) is 4.74. The second kappa shape index (κ2) is 13.1. The lowest BCUT2D eigenvalue weighted by atomic mass is 10.1. The van der Waals surface area contributed by atoms with Crippen molar-refractivity contribution in [3.63, 3.8) is 0 Å². The number of unbranched alkanes of at least 4 members (excludes halogenated alkanes) is 5. The summed E-state index contributed by atoms with van der Waals surface area (Å²) in [4.78, 5) is 8.94. The van der Waals surface area contributed by atoms with E-state index >= 15 is 0 Å². The fourth-order valence-corrected chi connectivity index (χ4v) is 2.91. The molecule has 1 aromatic carbocycles. The van der Waals surface area contributed by atoms with Gasteiger partial charge in [0.2, 0.25) is 0 Å². The highest BCUT2D eigenvalue weighted by Crippen LogP contribution is 2.28. The second-order valence-corrected chi connectivity index (χ2v) is 6.93. The molecule has 5 heteroatoms. The molecule has 2 rings (SSSR count). The van der Waals surface area contributed by atoms with Gasteiger partial charge in [-0.05, 0) is 25.0 Å². The van der Waals surface area contributed by atoms with Gasteiger partial charge in [-0.25, -0.2) is 9.97 Å². The average Bonchev–Trinajstić information content (AvgIpc) is 2.74. The Morgan fingerprint density at radius 3 is 2.32 bits per heavy atom. The SMILES string of the molecule is CCCCCCCCOc1cnc(-c2ccccc2OCC(CC)OC)nc1. The number of aromatic nitrogens is 2. The Balaban J connectivity index is 1.87. The fourth-order valence-electron chi connectivity index (χ4n) is 2.91. The Morgan fingerprint density at radius 1 is 0.893 bits per heavy atom. The van der Waals surface area contributed by atoms with Crippen molar-refractivity contribution >= 4 is 0 Å². The van der Waals surface area contributed by atoms with E-state index in [4.69, 9.17) is 14.2 Å². The van der Waals surface area contributed by atoms with Crippen LogP contribution in [0, 0.1) is 0 Å². The Morgan fingerprint density at radius 2 is 1.61 bits per heavy atom. The normalized spacial score (nSPS) is 12.0. The molecule has 28 heavy (non-hydrogen) atoms. The molecular weight excluding hydrogens is 352 g/mol. The quantitative estimate of drug-likeness (QED) is 0.391. The van der Waals surface area contributed by atoms with Gasteiger partial charge >= 0.3 is 0 Å². The number of benzene rings is 1. The Bertz CT molecular complexity index is 657. The van der Waals surface area contributed by atoms with Crippen LogP contribution in [0.25, 0.3) is 11.4 Å². The number of para-hydroxylation sites is 1. The van der Waals surface area contributed by atoms with Gasteiger partial charge in [0, 0.05) is 7.11 Å². The molecule has 1 heterocycles. The standard InChI is InChI=1S/C23H34N2O3/c1-4-6-7-8-9-12-15-27-20-16-24-23(25-17-20)21-13-10-11-14-22(21)28-18-19(5-2)26-3/h10-11,13-14,16-17,19H,4-9,12,15,18H2,1-3H3. The molecule has 0 aliphatic carbocycles. The van der Waals surface area contributed by atoms with Crippen LogP contribution in [0.15, 0.2) is 36.7 Å². The maximum Gasteiger partial charge on any atom is 0.163 e. The van der Waals surface area contributed by atoms with Crippen molar-refractivity contribution in [1.29, 1.82) is 0 Å². The van der Waals surface area contributed by atoms with Crippen molar-refractivity contribution < 1.29 is 14.2 Å². The van der Waals surface area contributed by atoms with E-state index in [9.17, 15) is 0 Å². The van der Waals surface area contributed by atoms with Gasteiger partial charge in [0.25, 0.3) is 0 Å². The summed E-state index contributed by atoms with van der Waals surface area (Å²) in [7, 11) is 1.70. The minimum absolute atomic E-state index is 0.0757. The molecule has 1 aromatic heterocycles. The summed E-state index contributed by atoms with van der Waals surface area (Å²) in [5.74, 6) is 2.10. The molecule has 0 amide bonds. The second-order valence-electron chi connectivity index (χ2n) is 6.93. The summed E-state index contributed by atoms with van der Waals surface area (Å²) in [6, 6.07) is 7.81. The van der Waals surface area contributed by atoms with Crippen LogP contribution in [0.2, 0.25) is 0 Å². The Labute approximate surface area is 169 Å². The molecule has 5 nitrogen and oxygen atoms in total. The largest absolute Gasteiger partial charge is 0.490 e. The first-order chi connectivity index (χ1) is 13.8. The zero-order valence-electron chi connectivity index (χ0n) is 17.5. The lowest BCUT2D eigenvalue weighted by Gasteiger charge is -2.16. The van der Waals surface area contributed by atoms with Gasteiger partial charge in [0.05, 0.1) is 30.7 Å². The minimum atomic E-state index is 0.0757. The van der Waals surface area contributed by atoms with Crippen LogP contribution >= 0.6 is 0 Å². The summed E-state index contributed by atoms with van der Waals surface area (Å²) < 4.78 is 17.1. The van der Waals surface area contributed by atoms with Gasteiger partial charge in [-0.15, -0.1) is 0 Å². The van der Waals surface area contributed by atoms with Crippen molar-refractivity contribution in [2.24, 2.45) is 0 Å². The molecule has 0 fully saturated rings. The van der Waals surface area contributed by atoms with Crippen LogP contribution in [-0.2, 0) is 4.74 Å². The van der Waals surface area contributed by atoms with Crippen LogP contribution in [0.4, 0.5) is 0 Å². The molecule has 0 aliphatic heterocycles. The Kier molecular flexibility index (Phi) is 10.4. The van der Waals surface area contributed by atoms with Gasteiger partial charge in [0.15, 0.2) is 11.6 Å². The van der Waals surface area contributed by atoms with Crippen molar-refractivity contribution in [3.8, 4) is 22.9 Å². The maximum absolute atomic E-state index is 5.95. The molecule has 2 aromatic rings. The van der Waals surface area contributed by atoms with E-state index in [1.54, 1.807) is 19.5 Å². The zero-order valence-corrected chi connectivity index (χ0v) is 17.5. The van der Waals surface area contributed by atoms with E-state index in [2.05, 4.69) is 23.8 Å². The van der Waals surface area contributed by atoms with Crippen molar-refractivity contribution in [1.82, 2.24) is 9.97 Å². The molecule has 0 radical (unpaired) electrons. The zero-order chi connectivity index (χ0) is 20.0. The number of ether oxygens (including phenoxy) is 3. The first kappa shape index (κ1) is 22.2. The number of hydrogen-bond acceptors (Lipinski definition) is 5. The highest BCUT2D eigenvalue weighted by atomic mass is 16.5. The molecule has 1 atom stereocenters. The van der Waals surface area contributed by atoms with Crippen molar-refractivity contribution in [2.45, 2.75) is 64.9 Å². The average molecular weight is 387 g/mol. The van der Waals surface area contributed by atoms with Crippen LogP contribution in [-0.4, -0.2) is 36.4 Å². The lowest BCUT2D eigenvalue weighted by molar-refractivity contribution is 0.0557. The maximum atomic E-state index is 5.95. The topological polar surface area (TPSA) is 53.5 Å². The Hall–Kier alpha value is -2.14. The van der Waals surface area contributed by atoms with Crippen LogP contribution in [0.1, 0.15) is 58.8 Å². The molecule has 154 valence electrons. The first-order valence-electron chi connectivity index (χ1n) is 10.5. The molecular formula is C23H34N2O3. The van der Waals surface area contributed by atoms with E-state index in [-0.39, 0.29) is 6.10 Å². The number of rotatable bonds is 14. The van der Waals surface area contributed by atoms with E-state index in [0.29, 0.717) is 24.8 Å². The molecule has 0 bridgehead atoms. The first-order valence-corrected chi connectivity index (χ1v) is 10.5. The van der Waals surface area contributed by atoms with E-state index < -0.39 is 0 Å². The van der Waals surface area contributed by atoms with Crippen LogP contribution in [0.3, 0.4) is 0 Å². The van der Waals surface area contributed by atoms with E-state index in [1.807, 2.05) is 24.3 Å². The minimum Gasteiger partial charge on any atom is -0.490 e. The summed E-state index contributed by atoms with van der Waals surface area (Å²) in [5.41, 5.74) is 0.871. The lowest BCUT2D eigenvalue weighted by Crippen LogP contribution is -2.19. The number of nitrogens with zero attached hydrogens (tertiary/aromatic N) is 2. The van der Waals surface area contributed by atoms with Gasteiger partial charge in [-0.3, -0.25) is 0 Å². The van der Waals surface area contributed by atoms with Gasteiger partial charge in [0.1, 0.15) is 12.4 Å². The van der Waals surface area contributed by atoms with Crippen LogP contribution in [0.5, 0.6) is 11.5 Å². The van der Waals surface area contributed by atoms with Crippen molar-refractivity contribution in [2.75, 3.05) is 20.3 Å². The van der Waals surface area contributed by atoms with E-state index in [0.717, 1.165) is 24.2 Å². The molecule has 0 N–H and O–H groups in total. The van der Waals surface area contributed by atoms with Gasteiger partial charge in [-0.2, -0.15) is 0 Å². The predicted octanol–water partition coefficient (Wildman–Crippen LogP) is 5.69. The number of methoxy groups -OCH3 is 1. The summed E-state index contributed by atoms with van der Waals surface area (Å²) in [6.45, 7) is 5.53. The van der Waals surface area contributed by atoms with Gasteiger partial charge in [-0.1, -0.05) is 58.1 Å². The fraction of sp³-hybridized carbons (Fsp3) is 0.565. The van der Waals surface area contributed by atoms with Crippen LogP contribution < -0.4 is 9.47 Å². The molecule has 0 saturated heterocycles. The summed E-state index contributed by atoms with van der Waals surface area (Å²) >= 11 is 0. The highest BCUT2D eigenvalue weighted by molar-refractivity contribution is 5.63. The van der Waals surface area contributed by atoms with Crippen molar-refractivity contribution in [3.05, 3.63) is 36.7 Å². The molecule has 0 saturated carbocycles. The van der Waals surface area contributed by atoms with Gasteiger partial charge < -0.3 is 14.2 Å². The predicted molar refractivity (Wildman–Crippen MR) is 113 cm³/mol. The monoisotopic (exact) mass is 386 g/mol. The summed E-state index contributed by atoms with van der Waals surface area (Å²) in [6.07, 6.45) is 11.9. The highest BCUT2D eigenvalue weighted by Gasteiger charge is 2.11. The molecule has 0 aliphatic rings. The third kappa shape index (κ3) is 7.47. The third-order valence-electron chi connectivity index (χ3n) is 4.74.